The zero-order valence-electron chi connectivity index (χ0n) is 14.7. The molecule has 0 fully saturated rings. The molecule has 0 aromatic heterocycles. The Kier molecular flexibility index (Phi) is 7.18. The lowest BCUT2D eigenvalue weighted by atomic mass is 9.93. The Morgan fingerprint density at radius 3 is 2.50 bits per heavy atom. The molecule has 1 rings (SSSR count). The van der Waals surface area contributed by atoms with Gasteiger partial charge in [-0.05, 0) is 25.6 Å². The third-order valence-corrected chi connectivity index (χ3v) is 3.34. The molecule has 22 heavy (non-hydrogen) atoms. The Hall–Kier alpha value is -1.75. The summed E-state index contributed by atoms with van der Waals surface area (Å²) in [6.07, 6.45) is 0. The van der Waals surface area contributed by atoms with Crippen LogP contribution in [0.5, 0.6) is 5.75 Å². The summed E-state index contributed by atoms with van der Waals surface area (Å²) < 4.78 is 5.36. The maximum absolute atomic E-state index is 5.36. The van der Waals surface area contributed by atoms with Crippen LogP contribution in [0.4, 0.5) is 0 Å². The topological polar surface area (TPSA) is 48.9 Å². The Balaban J connectivity index is 2.53. The zero-order valence-corrected chi connectivity index (χ0v) is 14.7. The summed E-state index contributed by atoms with van der Waals surface area (Å²) in [5.74, 6) is 1.69. The molecule has 0 atom stereocenters. The van der Waals surface area contributed by atoms with Gasteiger partial charge < -0.3 is 20.3 Å². The minimum Gasteiger partial charge on any atom is -0.496 e. The molecule has 0 bridgehead atoms. The van der Waals surface area contributed by atoms with Gasteiger partial charge in [0.05, 0.1) is 7.11 Å². The fourth-order valence-electron chi connectivity index (χ4n) is 2.48. The highest BCUT2D eigenvalue weighted by Gasteiger charge is 2.19. The smallest absolute Gasteiger partial charge is 0.191 e. The predicted octanol–water partition coefficient (Wildman–Crippen LogP) is 1.95. The lowest BCUT2D eigenvalue weighted by molar-refractivity contribution is 0.241. The molecule has 5 heteroatoms. The van der Waals surface area contributed by atoms with Gasteiger partial charge >= 0.3 is 0 Å². The molecule has 0 unspecified atom stereocenters. The maximum atomic E-state index is 5.36. The SMILES string of the molecule is CN=C(NCc1ccccc1OC)NCC(C)(C)CN(C)C. The number of methoxy groups -OCH3 is 1. The van der Waals surface area contributed by atoms with Gasteiger partial charge in [-0.15, -0.1) is 0 Å². The van der Waals surface area contributed by atoms with E-state index >= 15 is 0 Å². The molecule has 0 saturated heterocycles. The third kappa shape index (κ3) is 6.35. The number of nitrogens with one attached hydrogen (secondary N) is 2. The van der Waals surface area contributed by atoms with Crippen molar-refractivity contribution in [1.29, 1.82) is 0 Å². The van der Waals surface area contributed by atoms with E-state index in [2.05, 4.69) is 54.5 Å². The van der Waals surface area contributed by atoms with Crippen LogP contribution in [-0.2, 0) is 6.54 Å². The Morgan fingerprint density at radius 2 is 1.91 bits per heavy atom. The molecule has 5 nitrogen and oxygen atoms in total. The maximum Gasteiger partial charge on any atom is 0.191 e. The molecule has 1 aromatic rings. The Bertz CT molecular complexity index is 483. The molecule has 0 aliphatic heterocycles. The Morgan fingerprint density at radius 1 is 1.23 bits per heavy atom. The summed E-state index contributed by atoms with van der Waals surface area (Å²) in [4.78, 5) is 6.48. The number of rotatable bonds is 7. The highest BCUT2D eigenvalue weighted by atomic mass is 16.5. The van der Waals surface area contributed by atoms with E-state index in [4.69, 9.17) is 4.74 Å². The van der Waals surface area contributed by atoms with Gasteiger partial charge in [-0.1, -0.05) is 32.0 Å². The quantitative estimate of drug-likeness (QED) is 0.597. The second-order valence-corrected chi connectivity index (χ2v) is 6.49. The van der Waals surface area contributed by atoms with Crippen LogP contribution in [0.3, 0.4) is 0 Å². The molecule has 0 aliphatic carbocycles. The van der Waals surface area contributed by atoms with Gasteiger partial charge in [-0.2, -0.15) is 0 Å². The zero-order chi connectivity index (χ0) is 16.6. The van der Waals surface area contributed by atoms with E-state index in [1.165, 1.54) is 0 Å². The highest BCUT2D eigenvalue weighted by molar-refractivity contribution is 5.79. The molecule has 0 radical (unpaired) electrons. The van der Waals surface area contributed by atoms with Crippen LogP contribution in [0.15, 0.2) is 29.3 Å². The highest BCUT2D eigenvalue weighted by Crippen LogP contribution is 2.17. The van der Waals surface area contributed by atoms with Crippen molar-refractivity contribution < 1.29 is 4.74 Å². The average Bonchev–Trinajstić information content (AvgIpc) is 2.46. The van der Waals surface area contributed by atoms with Crippen molar-refractivity contribution in [3.05, 3.63) is 29.8 Å². The molecule has 2 N–H and O–H groups in total. The van der Waals surface area contributed by atoms with Gasteiger partial charge in [0.25, 0.3) is 0 Å². The molecular weight excluding hydrogens is 276 g/mol. The summed E-state index contributed by atoms with van der Waals surface area (Å²) in [5.41, 5.74) is 1.28. The van der Waals surface area contributed by atoms with Crippen molar-refractivity contribution in [2.75, 3.05) is 41.3 Å². The second kappa shape index (κ2) is 8.63. The number of para-hydroxylation sites is 1. The van der Waals surface area contributed by atoms with Crippen molar-refractivity contribution in [3.8, 4) is 5.75 Å². The normalized spacial score (nSPS) is 12.4. The fourth-order valence-corrected chi connectivity index (χ4v) is 2.48. The minimum absolute atomic E-state index is 0.172. The van der Waals surface area contributed by atoms with Crippen LogP contribution in [-0.4, -0.2) is 52.2 Å². The summed E-state index contributed by atoms with van der Waals surface area (Å²) in [5, 5.41) is 6.73. The summed E-state index contributed by atoms with van der Waals surface area (Å²) in [7, 11) is 7.67. The van der Waals surface area contributed by atoms with E-state index in [1.807, 2.05) is 18.2 Å². The van der Waals surface area contributed by atoms with Crippen molar-refractivity contribution >= 4 is 5.96 Å². The first-order chi connectivity index (χ1) is 10.4. The van der Waals surface area contributed by atoms with E-state index < -0.39 is 0 Å². The van der Waals surface area contributed by atoms with E-state index in [0.717, 1.165) is 30.4 Å². The van der Waals surface area contributed by atoms with Crippen molar-refractivity contribution in [2.24, 2.45) is 10.4 Å². The molecule has 1 aromatic carbocycles. The van der Waals surface area contributed by atoms with Gasteiger partial charge in [0.2, 0.25) is 0 Å². The number of nitrogens with zero attached hydrogens (tertiary/aromatic N) is 2. The number of aliphatic imine (C=N–C) groups is 1. The summed E-state index contributed by atoms with van der Waals surface area (Å²) in [6.45, 7) is 7.04. The Labute approximate surface area is 134 Å². The third-order valence-electron chi connectivity index (χ3n) is 3.34. The molecule has 0 spiro atoms. The lowest BCUT2D eigenvalue weighted by Crippen LogP contribution is -2.44. The first kappa shape index (κ1) is 18.3. The standard InChI is InChI=1S/C17H30N4O/c1-17(2,13-21(4)5)12-20-16(18-3)19-11-14-9-7-8-10-15(14)22-6/h7-10H,11-13H2,1-6H3,(H2,18,19,20). The number of guanidine groups is 1. The van der Waals surface area contributed by atoms with Crippen molar-refractivity contribution in [3.63, 3.8) is 0 Å². The first-order valence-electron chi connectivity index (χ1n) is 7.59. The van der Waals surface area contributed by atoms with E-state index in [0.29, 0.717) is 6.54 Å². The van der Waals surface area contributed by atoms with Crippen LogP contribution in [0, 0.1) is 5.41 Å². The second-order valence-electron chi connectivity index (χ2n) is 6.49. The lowest BCUT2D eigenvalue weighted by Gasteiger charge is -2.29. The van der Waals surface area contributed by atoms with Gasteiger partial charge in [0, 0.05) is 32.2 Å². The average molecular weight is 306 g/mol. The summed E-state index contributed by atoms with van der Waals surface area (Å²) in [6, 6.07) is 8.00. The molecule has 0 aliphatic rings. The van der Waals surface area contributed by atoms with Crippen molar-refractivity contribution in [1.82, 2.24) is 15.5 Å². The molecule has 124 valence electrons. The van der Waals surface area contributed by atoms with Gasteiger partial charge in [0.15, 0.2) is 5.96 Å². The first-order valence-corrected chi connectivity index (χ1v) is 7.59. The van der Waals surface area contributed by atoms with Gasteiger partial charge in [-0.25, -0.2) is 0 Å². The number of benzene rings is 1. The van der Waals surface area contributed by atoms with Crippen LogP contribution < -0.4 is 15.4 Å². The number of ether oxygens (including phenoxy) is 1. The predicted molar refractivity (Wildman–Crippen MR) is 93.5 cm³/mol. The molecule has 0 heterocycles. The monoisotopic (exact) mass is 306 g/mol. The van der Waals surface area contributed by atoms with Crippen molar-refractivity contribution in [2.45, 2.75) is 20.4 Å². The van der Waals surface area contributed by atoms with Gasteiger partial charge in [0.1, 0.15) is 5.75 Å². The van der Waals surface area contributed by atoms with Crippen LogP contribution in [0.2, 0.25) is 0 Å². The number of hydrogen-bond donors (Lipinski definition) is 2. The van der Waals surface area contributed by atoms with Crippen LogP contribution >= 0.6 is 0 Å². The minimum atomic E-state index is 0.172. The summed E-state index contributed by atoms with van der Waals surface area (Å²) >= 11 is 0. The largest absolute Gasteiger partial charge is 0.496 e. The van der Waals surface area contributed by atoms with Gasteiger partial charge in [-0.3, -0.25) is 4.99 Å². The molecular formula is C17H30N4O. The fraction of sp³-hybridized carbons (Fsp3) is 0.588. The number of hydrogen-bond acceptors (Lipinski definition) is 3. The molecule has 0 amide bonds. The van der Waals surface area contributed by atoms with E-state index in [-0.39, 0.29) is 5.41 Å². The van der Waals surface area contributed by atoms with E-state index in [9.17, 15) is 0 Å². The van der Waals surface area contributed by atoms with Crippen LogP contribution in [0.1, 0.15) is 19.4 Å². The van der Waals surface area contributed by atoms with Crippen LogP contribution in [0.25, 0.3) is 0 Å². The van der Waals surface area contributed by atoms with E-state index in [1.54, 1.807) is 14.2 Å². The molecule has 0 saturated carbocycles.